The van der Waals surface area contributed by atoms with E-state index >= 15 is 0 Å². The Bertz CT molecular complexity index is 657. The Labute approximate surface area is 137 Å². The molecule has 2 aromatic rings. The van der Waals surface area contributed by atoms with Crippen molar-refractivity contribution in [3.05, 3.63) is 60.2 Å². The minimum absolute atomic E-state index is 0.0308. The first-order valence-corrected chi connectivity index (χ1v) is 8.02. The smallest absolute Gasteiger partial charge is 0.322 e. The maximum Gasteiger partial charge on any atom is 0.322 e. The molecule has 0 aliphatic carbocycles. The first kappa shape index (κ1) is 15.4. The van der Waals surface area contributed by atoms with Gasteiger partial charge >= 0.3 is 6.03 Å². The average Bonchev–Trinajstić information content (AvgIpc) is 3.04. The molecule has 1 unspecified atom stereocenters. The van der Waals surface area contributed by atoms with Gasteiger partial charge in [-0.15, -0.1) is 0 Å². The third-order valence-corrected chi connectivity index (χ3v) is 4.27. The molecule has 1 aliphatic heterocycles. The number of carbonyl (C=O) groups is 1. The van der Waals surface area contributed by atoms with E-state index in [9.17, 15) is 4.79 Å². The fourth-order valence-corrected chi connectivity index (χ4v) is 3.10. The summed E-state index contributed by atoms with van der Waals surface area (Å²) < 4.78 is 5.20. The Balaban J connectivity index is 1.65. The highest BCUT2D eigenvalue weighted by atomic mass is 16.5. The van der Waals surface area contributed by atoms with E-state index in [1.54, 1.807) is 7.11 Å². The van der Waals surface area contributed by atoms with Gasteiger partial charge in [-0.05, 0) is 37.0 Å². The molecule has 4 nitrogen and oxygen atoms in total. The summed E-state index contributed by atoms with van der Waals surface area (Å²) in [6.45, 7) is 0.813. The van der Waals surface area contributed by atoms with Crippen LogP contribution in [0.15, 0.2) is 54.6 Å². The van der Waals surface area contributed by atoms with Crippen molar-refractivity contribution in [1.82, 2.24) is 4.90 Å². The van der Waals surface area contributed by atoms with E-state index in [-0.39, 0.29) is 12.1 Å². The van der Waals surface area contributed by atoms with Gasteiger partial charge in [0.2, 0.25) is 0 Å². The number of hydrogen-bond donors (Lipinski definition) is 1. The number of anilines is 1. The number of nitrogens with one attached hydrogen (secondary N) is 1. The van der Waals surface area contributed by atoms with Gasteiger partial charge < -0.3 is 15.0 Å². The average molecular weight is 310 g/mol. The zero-order valence-corrected chi connectivity index (χ0v) is 13.4. The highest BCUT2D eigenvalue weighted by Crippen LogP contribution is 2.23. The molecule has 0 bridgehead atoms. The van der Waals surface area contributed by atoms with Crippen LogP contribution < -0.4 is 10.1 Å². The molecule has 0 saturated carbocycles. The van der Waals surface area contributed by atoms with Crippen molar-refractivity contribution in [2.24, 2.45) is 0 Å². The van der Waals surface area contributed by atoms with Crippen LogP contribution in [-0.4, -0.2) is 30.6 Å². The fourth-order valence-electron chi connectivity index (χ4n) is 3.10. The van der Waals surface area contributed by atoms with Crippen molar-refractivity contribution in [1.29, 1.82) is 0 Å². The molecule has 0 aromatic heterocycles. The van der Waals surface area contributed by atoms with Gasteiger partial charge in [-0.3, -0.25) is 0 Å². The second-order valence-electron chi connectivity index (χ2n) is 5.84. The first-order chi connectivity index (χ1) is 11.3. The van der Waals surface area contributed by atoms with E-state index in [4.69, 9.17) is 4.74 Å². The van der Waals surface area contributed by atoms with Crippen LogP contribution in [-0.2, 0) is 6.42 Å². The minimum atomic E-state index is -0.0308. The Morgan fingerprint density at radius 2 is 2.04 bits per heavy atom. The lowest BCUT2D eigenvalue weighted by atomic mass is 10.0. The summed E-state index contributed by atoms with van der Waals surface area (Å²) in [7, 11) is 1.62. The fraction of sp³-hybridized carbons (Fsp3) is 0.316. The molecule has 2 aromatic carbocycles. The zero-order chi connectivity index (χ0) is 16.1. The van der Waals surface area contributed by atoms with Gasteiger partial charge in [-0.2, -0.15) is 0 Å². The summed E-state index contributed by atoms with van der Waals surface area (Å²) in [6, 6.07) is 18.0. The van der Waals surface area contributed by atoms with E-state index in [2.05, 4.69) is 17.4 Å². The van der Waals surface area contributed by atoms with Gasteiger partial charge in [0.25, 0.3) is 0 Å². The molecule has 120 valence electrons. The molecular formula is C19H22N2O2. The molecule has 1 atom stereocenters. The quantitative estimate of drug-likeness (QED) is 0.929. The van der Waals surface area contributed by atoms with Gasteiger partial charge in [0.15, 0.2) is 0 Å². The normalized spacial score (nSPS) is 17.1. The Kier molecular flexibility index (Phi) is 4.81. The highest BCUT2D eigenvalue weighted by molar-refractivity contribution is 5.90. The molecule has 1 aliphatic rings. The number of methoxy groups -OCH3 is 1. The minimum Gasteiger partial charge on any atom is -0.497 e. The Hall–Kier alpha value is -2.49. The maximum atomic E-state index is 12.6. The monoisotopic (exact) mass is 310 g/mol. The zero-order valence-electron chi connectivity index (χ0n) is 13.4. The molecule has 1 saturated heterocycles. The summed E-state index contributed by atoms with van der Waals surface area (Å²) in [5.74, 6) is 0.741. The number of carbonyl (C=O) groups excluding carboxylic acids is 1. The maximum absolute atomic E-state index is 12.6. The van der Waals surface area contributed by atoms with Crippen molar-refractivity contribution in [2.45, 2.75) is 25.3 Å². The number of hydrogen-bond acceptors (Lipinski definition) is 2. The number of rotatable bonds is 4. The summed E-state index contributed by atoms with van der Waals surface area (Å²) in [4.78, 5) is 14.5. The molecule has 1 fully saturated rings. The van der Waals surface area contributed by atoms with Crippen LogP contribution in [0.3, 0.4) is 0 Å². The summed E-state index contributed by atoms with van der Waals surface area (Å²) in [6.07, 6.45) is 3.02. The second-order valence-corrected chi connectivity index (χ2v) is 5.84. The lowest BCUT2D eigenvalue weighted by Crippen LogP contribution is -2.39. The van der Waals surface area contributed by atoms with Crippen LogP contribution in [0.4, 0.5) is 10.5 Å². The van der Waals surface area contributed by atoms with Crippen LogP contribution in [0.5, 0.6) is 5.75 Å². The number of ether oxygens (including phenoxy) is 1. The van der Waals surface area contributed by atoms with Gasteiger partial charge in [0, 0.05) is 24.3 Å². The summed E-state index contributed by atoms with van der Waals surface area (Å²) in [5.41, 5.74) is 2.04. The van der Waals surface area contributed by atoms with Crippen molar-refractivity contribution >= 4 is 11.7 Å². The van der Waals surface area contributed by atoms with Crippen LogP contribution in [0.1, 0.15) is 18.4 Å². The Morgan fingerprint density at radius 3 is 2.83 bits per heavy atom. The van der Waals surface area contributed by atoms with E-state index in [1.165, 1.54) is 5.56 Å². The van der Waals surface area contributed by atoms with E-state index < -0.39 is 0 Å². The third kappa shape index (κ3) is 3.83. The van der Waals surface area contributed by atoms with Gasteiger partial charge in [-0.1, -0.05) is 36.4 Å². The number of nitrogens with zero attached hydrogens (tertiary/aromatic N) is 1. The topological polar surface area (TPSA) is 41.6 Å². The van der Waals surface area contributed by atoms with E-state index in [0.29, 0.717) is 0 Å². The van der Waals surface area contributed by atoms with Crippen molar-refractivity contribution in [3.63, 3.8) is 0 Å². The molecule has 3 rings (SSSR count). The molecule has 1 N–H and O–H groups in total. The molecule has 23 heavy (non-hydrogen) atoms. The van der Waals surface area contributed by atoms with Crippen LogP contribution >= 0.6 is 0 Å². The first-order valence-electron chi connectivity index (χ1n) is 8.02. The third-order valence-electron chi connectivity index (χ3n) is 4.27. The van der Waals surface area contributed by atoms with Gasteiger partial charge in [-0.25, -0.2) is 4.79 Å². The van der Waals surface area contributed by atoms with Crippen LogP contribution in [0.25, 0.3) is 0 Å². The molecule has 4 heteroatoms. The lowest BCUT2D eigenvalue weighted by molar-refractivity contribution is 0.206. The number of amides is 2. The summed E-state index contributed by atoms with van der Waals surface area (Å²) in [5, 5.41) is 2.98. The summed E-state index contributed by atoms with van der Waals surface area (Å²) >= 11 is 0. The highest BCUT2D eigenvalue weighted by Gasteiger charge is 2.28. The molecule has 0 spiro atoms. The predicted molar refractivity (Wildman–Crippen MR) is 91.9 cm³/mol. The standard InChI is InChI=1S/C19H22N2O2/c1-23-18-11-5-9-16(14-18)20-19(22)21-12-6-10-17(21)13-15-7-3-2-4-8-15/h2-5,7-9,11,14,17H,6,10,12-13H2,1H3,(H,20,22). The molecule has 0 radical (unpaired) electrons. The van der Waals surface area contributed by atoms with Crippen LogP contribution in [0.2, 0.25) is 0 Å². The van der Waals surface area contributed by atoms with Crippen molar-refractivity contribution < 1.29 is 9.53 Å². The Morgan fingerprint density at radius 1 is 1.22 bits per heavy atom. The SMILES string of the molecule is COc1cccc(NC(=O)N2CCCC2Cc2ccccc2)c1. The molecular weight excluding hydrogens is 288 g/mol. The van der Waals surface area contributed by atoms with Gasteiger partial charge in [0.05, 0.1) is 7.11 Å². The second kappa shape index (κ2) is 7.18. The largest absolute Gasteiger partial charge is 0.497 e. The lowest BCUT2D eigenvalue weighted by Gasteiger charge is -2.25. The van der Waals surface area contributed by atoms with Crippen LogP contribution in [0, 0.1) is 0 Å². The number of benzene rings is 2. The molecule has 1 heterocycles. The number of urea groups is 1. The van der Waals surface area contributed by atoms with E-state index in [0.717, 1.165) is 37.2 Å². The van der Waals surface area contributed by atoms with Crippen molar-refractivity contribution in [3.8, 4) is 5.75 Å². The number of likely N-dealkylation sites (tertiary alicyclic amines) is 1. The molecule has 2 amide bonds. The predicted octanol–water partition coefficient (Wildman–Crippen LogP) is 3.93. The van der Waals surface area contributed by atoms with Crippen molar-refractivity contribution in [2.75, 3.05) is 19.0 Å². The van der Waals surface area contributed by atoms with E-state index in [1.807, 2.05) is 47.4 Å². The van der Waals surface area contributed by atoms with Gasteiger partial charge in [0.1, 0.15) is 5.75 Å².